The van der Waals surface area contributed by atoms with Crippen molar-refractivity contribution < 1.29 is 10.0 Å². The Hall–Kier alpha value is -2.10. The second-order valence-corrected chi connectivity index (χ2v) is 5.53. The first-order chi connectivity index (χ1) is 10.5. The highest BCUT2D eigenvalue weighted by atomic mass is 35.5. The Balaban J connectivity index is 2.18. The lowest BCUT2D eigenvalue weighted by molar-refractivity contribution is -0.167. The van der Waals surface area contributed by atoms with E-state index in [0.717, 1.165) is 16.7 Å². The van der Waals surface area contributed by atoms with Gasteiger partial charge in [0.1, 0.15) is 0 Å². The van der Waals surface area contributed by atoms with E-state index in [1.54, 1.807) is 13.0 Å². The van der Waals surface area contributed by atoms with Crippen molar-refractivity contribution in [3.8, 4) is 11.1 Å². The molecule has 0 heterocycles. The lowest BCUT2D eigenvalue weighted by Gasteiger charge is -2.17. The van der Waals surface area contributed by atoms with Gasteiger partial charge in [0.25, 0.3) is 0 Å². The molecule has 2 rings (SSSR count). The Morgan fingerprint density at radius 3 is 2.50 bits per heavy atom. The number of benzene rings is 2. The van der Waals surface area contributed by atoms with Crippen LogP contribution >= 0.6 is 11.6 Å². The van der Waals surface area contributed by atoms with Gasteiger partial charge in [0.15, 0.2) is 0 Å². The second kappa shape index (κ2) is 7.25. The Morgan fingerprint density at radius 1 is 1.18 bits per heavy atom. The van der Waals surface area contributed by atoms with Gasteiger partial charge in [-0.15, -0.1) is 0 Å². The first kappa shape index (κ1) is 16.3. The zero-order valence-corrected chi connectivity index (χ0v) is 13.3. The van der Waals surface area contributed by atoms with Crippen LogP contribution in [0.4, 0.5) is 0 Å². The zero-order chi connectivity index (χ0) is 16.1. The molecule has 0 bridgehead atoms. The number of hydrogen-bond acceptors (Lipinski definition) is 2. The van der Waals surface area contributed by atoms with Gasteiger partial charge in [-0.2, -0.15) is 0 Å². The maximum absolute atomic E-state index is 11.1. The van der Waals surface area contributed by atoms with Gasteiger partial charge in [0.05, 0.1) is 6.04 Å². The molecule has 3 nitrogen and oxygen atoms in total. The number of hydrogen-bond donors (Lipinski definition) is 1. The first-order valence-corrected chi connectivity index (χ1v) is 7.38. The summed E-state index contributed by atoms with van der Waals surface area (Å²) in [5.41, 5.74) is 3.16. The topological polar surface area (TPSA) is 40.5 Å². The highest BCUT2D eigenvalue weighted by Crippen LogP contribution is 2.23. The van der Waals surface area contributed by atoms with Gasteiger partial charge in [0.2, 0.25) is 5.91 Å². The van der Waals surface area contributed by atoms with Crippen molar-refractivity contribution in [1.82, 2.24) is 5.06 Å². The highest BCUT2D eigenvalue weighted by molar-refractivity contribution is 6.30. The molecule has 0 aromatic heterocycles. The molecule has 4 heteroatoms. The van der Waals surface area contributed by atoms with Gasteiger partial charge in [-0.3, -0.25) is 10.0 Å². The van der Waals surface area contributed by atoms with Crippen LogP contribution in [0, 0.1) is 0 Å². The fraction of sp³-hybridized carbons (Fsp3) is 0.167. The van der Waals surface area contributed by atoms with Gasteiger partial charge in [-0.05, 0) is 41.8 Å². The van der Waals surface area contributed by atoms with Crippen LogP contribution in [0.3, 0.4) is 0 Å². The molecule has 1 N–H and O–H groups in total. The summed E-state index contributed by atoms with van der Waals surface area (Å²) in [5.74, 6) is -0.382. The van der Waals surface area contributed by atoms with Crippen molar-refractivity contribution >= 4 is 23.6 Å². The van der Waals surface area contributed by atoms with Crippen LogP contribution in [0.2, 0.25) is 5.02 Å². The predicted molar refractivity (Wildman–Crippen MR) is 89.7 cm³/mol. The molecule has 0 aliphatic carbocycles. The quantitative estimate of drug-likeness (QED) is 0.659. The van der Waals surface area contributed by atoms with Crippen LogP contribution in [-0.2, 0) is 4.79 Å². The molecule has 2 aromatic carbocycles. The maximum Gasteiger partial charge on any atom is 0.243 e. The van der Waals surface area contributed by atoms with E-state index >= 15 is 0 Å². The first-order valence-electron chi connectivity index (χ1n) is 7.00. The summed E-state index contributed by atoms with van der Waals surface area (Å²) < 4.78 is 0. The maximum atomic E-state index is 11.1. The number of nitrogens with zero attached hydrogens (tertiary/aromatic N) is 1. The molecule has 0 aliphatic heterocycles. The van der Waals surface area contributed by atoms with Gasteiger partial charge >= 0.3 is 0 Å². The van der Waals surface area contributed by atoms with Crippen molar-refractivity contribution in [2.24, 2.45) is 0 Å². The molecule has 1 atom stereocenters. The molecular formula is C18H18ClNO2. The lowest BCUT2D eigenvalue weighted by Crippen LogP contribution is -2.32. The monoisotopic (exact) mass is 315 g/mol. The zero-order valence-electron chi connectivity index (χ0n) is 12.5. The fourth-order valence-corrected chi connectivity index (χ4v) is 2.21. The predicted octanol–water partition coefficient (Wildman–Crippen LogP) is 4.65. The largest absolute Gasteiger partial charge is 0.285 e. The summed E-state index contributed by atoms with van der Waals surface area (Å²) in [4.78, 5) is 11.1. The SMILES string of the molecule is CC(=O)N(O)[C@@H](C)C=Cc1cccc(-c2ccc(Cl)cc2)c1. The van der Waals surface area contributed by atoms with Crippen LogP contribution in [0.15, 0.2) is 54.6 Å². The Morgan fingerprint density at radius 2 is 1.86 bits per heavy atom. The van der Waals surface area contributed by atoms with E-state index in [9.17, 15) is 10.0 Å². The molecule has 0 unspecified atom stereocenters. The standard InChI is InChI=1S/C18H18ClNO2/c1-13(20(22)14(2)21)6-7-15-4-3-5-17(12-15)16-8-10-18(19)11-9-16/h3-13,22H,1-2H3/t13-/m0/s1. The van der Waals surface area contributed by atoms with Crippen LogP contribution in [0.5, 0.6) is 0 Å². The summed E-state index contributed by atoms with van der Waals surface area (Å²) in [6.45, 7) is 3.08. The number of amides is 1. The molecule has 0 saturated carbocycles. The molecule has 22 heavy (non-hydrogen) atoms. The molecule has 2 aromatic rings. The molecule has 114 valence electrons. The Labute approximate surface area is 135 Å². The number of halogens is 1. The number of carbonyl (C=O) groups excluding carboxylic acids is 1. The van der Waals surface area contributed by atoms with Crippen LogP contribution in [0.25, 0.3) is 17.2 Å². The van der Waals surface area contributed by atoms with Crippen molar-refractivity contribution in [2.45, 2.75) is 19.9 Å². The summed E-state index contributed by atoms with van der Waals surface area (Å²) >= 11 is 5.90. The van der Waals surface area contributed by atoms with E-state index in [1.165, 1.54) is 6.92 Å². The van der Waals surface area contributed by atoms with Crippen LogP contribution in [-0.4, -0.2) is 22.2 Å². The summed E-state index contributed by atoms with van der Waals surface area (Å²) in [7, 11) is 0. The van der Waals surface area contributed by atoms with Crippen molar-refractivity contribution in [1.29, 1.82) is 0 Å². The molecule has 0 spiro atoms. The van der Waals surface area contributed by atoms with E-state index in [2.05, 4.69) is 0 Å². The fourth-order valence-electron chi connectivity index (χ4n) is 2.08. The van der Waals surface area contributed by atoms with Gasteiger partial charge in [-0.25, -0.2) is 5.06 Å². The summed E-state index contributed by atoms with van der Waals surface area (Å²) in [6.07, 6.45) is 3.67. The van der Waals surface area contributed by atoms with E-state index in [1.807, 2.05) is 54.6 Å². The number of rotatable bonds is 4. The number of hydroxylamine groups is 2. The molecule has 0 fully saturated rings. The van der Waals surface area contributed by atoms with E-state index in [4.69, 9.17) is 11.6 Å². The van der Waals surface area contributed by atoms with E-state index in [0.29, 0.717) is 10.1 Å². The molecule has 1 amide bonds. The van der Waals surface area contributed by atoms with Crippen molar-refractivity contribution in [3.63, 3.8) is 0 Å². The molecule has 0 radical (unpaired) electrons. The van der Waals surface area contributed by atoms with E-state index < -0.39 is 0 Å². The normalized spacial score (nSPS) is 12.4. The van der Waals surface area contributed by atoms with Gasteiger partial charge in [0, 0.05) is 11.9 Å². The Bertz CT molecular complexity index is 680. The van der Waals surface area contributed by atoms with Gasteiger partial charge in [-0.1, -0.05) is 54.1 Å². The minimum Gasteiger partial charge on any atom is -0.285 e. The molecule has 0 aliphatic rings. The third-order valence-electron chi connectivity index (χ3n) is 3.34. The smallest absolute Gasteiger partial charge is 0.243 e. The Kier molecular flexibility index (Phi) is 5.36. The highest BCUT2D eigenvalue weighted by Gasteiger charge is 2.10. The lowest BCUT2D eigenvalue weighted by atomic mass is 10.0. The number of carbonyl (C=O) groups is 1. The van der Waals surface area contributed by atoms with Crippen LogP contribution in [0.1, 0.15) is 19.4 Å². The van der Waals surface area contributed by atoms with Crippen LogP contribution < -0.4 is 0 Å². The second-order valence-electron chi connectivity index (χ2n) is 5.10. The molecule has 0 saturated heterocycles. The summed E-state index contributed by atoms with van der Waals surface area (Å²) in [5, 5.41) is 11.0. The average molecular weight is 316 g/mol. The van der Waals surface area contributed by atoms with Crippen molar-refractivity contribution in [2.75, 3.05) is 0 Å². The minimum absolute atomic E-state index is 0.378. The minimum atomic E-state index is -0.382. The third-order valence-corrected chi connectivity index (χ3v) is 3.59. The average Bonchev–Trinajstić information content (AvgIpc) is 2.52. The van der Waals surface area contributed by atoms with E-state index in [-0.39, 0.29) is 11.9 Å². The summed E-state index contributed by atoms with van der Waals surface area (Å²) in [6, 6.07) is 15.3. The third kappa shape index (κ3) is 4.20. The molecular weight excluding hydrogens is 298 g/mol. The van der Waals surface area contributed by atoms with Gasteiger partial charge < -0.3 is 0 Å². The van der Waals surface area contributed by atoms with Crippen molar-refractivity contribution in [3.05, 3.63) is 65.2 Å².